The fourth-order valence-corrected chi connectivity index (χ4v) is 1.62. The molecule has 1 nitrogen and oxygen atoms in total. The van der Waals surface area contributed by atoms with Gasteiger partial charge in [-0.05, 0) is 50.5 Å². The molecule has 0 amide bonds. The minimum Gasteiger partial charge on any atom is -0.300 e. The highest BCUT2D eigenvalue weighted by Gasteiger charge is 2.07. The molecule has 74 valence electrons. The van der Waals surface area contributed by atoms with Crippen LogP contribution in [0, 0.1) is 26.2 Å². The summed E-state index contributed by atoms with van der Waals surface area (Å²) < 4.78 is 0. The van der Waals surface area contributed by atoms with Crippen molar-refractivity contribution in [3.63, 3.8) is 0 Å². The van der Waals surface area contributed by atoms with Gasteiger partial charge in [0.2, 0.25) is 0 Å². The quantitative estimate of drug-likeness (QED) is 0.684. The molecule has 0 saturated carbocycles. The molecule has 0 aliphatic rings. The van der Waals surface area contributed by atoms with Crippen molar-refractivity contribution in [1.29, 1.82) is 5.41 Å². The Balaban J connectivity index is 3.32. The number of benzene rings is 1. The second-order valence-electron chi connectivity index (χ2n) is 3.61. The Labute approximate surface area is 86.0 Å². The van der Waals surface area contributed by atoms with E-state index in [1.165, 1.54) is 16.7 Å². The molecule has 1 rings (SSSR count). The normalized spacial score (nSPS) is 10.9. The fraction of sp³-hybridized carbons (Fsp3) is 0.308. The molecule has 1 heteroatoms. The van der Waals surface area contributed by atoms with Crippen molar-refractivity contribution in [1.82, 2.24) is 0 Å². The van der Waals surface area contributed by atoms with Gasteiger partial charge >= 0.3 is 0 Å². The predicted octanol–water partition coefficient (Wildman–Crippen LogP) is 3.56. The van der Waals surface area contributed by atoms with Gasteiger partial charge in [-0.1, -0.05) is 18.2 Å². The lowest BCUT2D eigenvalue weighted by Gasteiger charge is -2.10. The Morgan fingerprint density at radius 2 is 1.71 bits per heavy atom. The summed E-state index contributed by atoms with van der Waals surface area (Å²) >= 11 is 0. The Hall–Kier alpha value is -1.37. The van der Waals surface area contributed by atoms with Crippen LogP contribution in [0.3, 0.4) is 0 Å². The summed E-state index contributed by atoms with van der Waals surface area (Å²) in [5.41, 5.74) is 5.32. The van der Waals surface area contributed by atoms with Crippen LogP contribution in [0.25, 0.3) is 0 Å². The number of hydrogen-bond acceptors (Lipinski definition) is 1. The van der Waals surface area contributed by atoms with Crippen LogP contribution in [0.15, 0.2) is 24.3 Å². The Morgan fingerprint density at radius 3 is 2.29 bits per heavy atom. The van der Waals surface area contributed by atoms with Gasteiger partial charge in [0.05, 0.1) is 5.71 Å². The summed E-state index contributed by atoms with van der Waals surface area (Å²) in [7, 11) is 0. The molecule has 0 bridgehead atoms. The van der Waals surface area contributed by atoms with Crippen LogP contribution in [0.1, 0.15) is 29.2 Å². The van der Waals surface area contributed by atoms with E-state index in [0.717, 1.165) is 5.56 Å². The number of aryl methyl sites for hydroxylation is 2. The lowest BCUT2D eigenvalue weighted by atomic mass is 9.95. The highest BCUT2D eigenvalue weighted by molar-refractivity contribution is 6.08. The van der Waals surface area contributed by atoms with E-state index in [0.29, 0.717) is 5.71 Å². The van der Waals surface area contributed by atoms with Crippen molar-refractivity contribution in [2.75, 3.05) is 0 Å². The zero-order chi connectivity index (χ0) is 10.7. The van der Waals surface area contributed by atoms with Crippen LogP contribution in [-0.2, 0) is 0 Å². The van der Waals surface area contributed by atoms with Gasteiger partial charge in [0, 0.05) is 5.56 Å². The van der Waals surface area contributed by atoms with E-state index < -0.39 is 0 Å². The zero-order valence-corrected chi connectivity index (χ0v) is 9.31. The molecule has 0 aromatic heterocycles. The van der Waals surface area contributed by atoms with Crippen molar-refractivity contribution < 1.29 is 0 Å². The molecular formula is C13H17N. The SMILES string of the molecule is C/C=C\C(=N)c1c(C)ccc(C)c1C. The van der Waals surface area contributed by atoms with E-state index in [2.05, 4.69) is 32.9 Å². The second kappa shape index (κ2) is 4.23. The third-order valence-electron chi connectivity index (χ3n) is 2.55. The monoisotopic (exact) mass is 187 g/mol. The maximum absolute atomic E-state index is 7.92. The highest BCUT2D eigenvalue weighted by Crippen LogP contribution is 2.18. The van der Waals surface area contributed by atoms with Crippen molar-refractivity contribution >= 4 is 5.71 Å². The van der Waals surface area contributed by atoms with E-state index in [9.17, 15) is 0 Å². The van der Waals surface area contributed by atoms with Crippen LogP contribution in [-0.4, -0.2) is 5.71 Å². The van der Waals surface area contributed by atoms with Gasteiger partial charge in [-0.2, -0.15) is 0 Å². The number of rotatable bonds is 2. The summed E-state index contributed by atoms with van der Waals surface area (Å²) in [6, 6.07) is 4.19. The summed E-state index contributed by atoms with van der Waals surface area (Å²) in [4.78, 5) is 0. The first-order valence-corrected chi connectivity index (χ1v) is 4.86. The topological polar surface area (TPSA) is 23.9 Å². The summed E-state index contributed by atoms with van der Waals surface area (Å²) in [6.45, 7) is 8.16. The first kappa shape index (κ1) is 10.7. The van der Waals surface area contributed by atoms with Crippen LogP contribution in [0.4, 0.5) is 0 Å². The van der Waals surface area contributed by atoms with Crippen LogP contribution in [0.2, 0.25) is 0 Å². The van der Waals surface area contributed by atoms with Gasteiger partial charge in [0.15, 0.2) is 0 Å². The molecule has 0 aliphatic carbocycles. The van der Waals surface area contributed by atoms with Crippen molar-refractivity contribution in [2.45, 2.75) is 27.7 Å². The zero-order valence-electron chi connectivity index (χ0n) is 9.31. The van der Waals surface area contributed by atoms with Crippen LogP contribution < -0.4 is 0 Å². The number of nitrogens with one attached hydrogen (secondary N) is 1. The van der Waals surface area contributed by atoms with Gasteiger partial charge < -0.3 is 5.41 Å². The van der Waals surface area contributed by atoms with Crippen molar-refractivity contribution in [2.24, 2.45) is 0 Å². The van der Waals surface area contributed by atoms with Gasteiger partial charge in [0.25, 0.3) is 0 Å². The minimum atomic E-state index is 0.603. The molecule has 0 radical (unpaired) electrons. The Bertz CT molecular complexity index is 386. The lowest BCUT2D eigenvalue weighted by Crippen LogP contribution is -2.02. The molecule has 1 aromatic carbocycles. The summed E-state index contributed by atoms with van der Waals surface area (Å²) in [6.07, 6.45) is 3.75. The molecule has 14 heavy (non-hydrogen) atoms. The maximum atomic E-state index is 7.92. The van der Waals surface area contributed by atoms with E-state index in [-0.39, 0.29) is 0 Å². The van der Waals surface area contributed by atoms with Crippen molar-refractivity contribution in [3.8, 4) is 0 Å². The average molecular weight is 187 g/mol. The maximum Gasteiger partial charge on any atom is 0.0614 e. The van der Waals surface area contributed by atoms with E-state index >= 15 is 0 Å². The Morgan fingerprint density at radius 1 is 1.14 bits per heavy atom. The molecule has 0 aliphatic heterocycles. The predicted molar refractivity (Wildman–Crippen MR) is 62.3 cm³/mol. The number of hydrogen-bond donors (Lipinski definition) is 1. The summed E-state index contributed by atoms with van der Waals surface area (Å²) in [5, 5.41) is 7.92. The van der Waals surface area contributed by atoms with Gasteiger partial charge in [-0.15, -0.1) is 0 Å². The molecule has 1 aromatic rings. The second-order valence-corrected chi connectivity index (χ2v) is 3.61. The standard InChI is InChI=1S/C13H17N/c1-5-6-12(14)13-10(3)8-7-9(2)11(13)4/h5-8,14H,1-4H3/b6-5-,14-12?. The lowest BCUT2D eigenvalue weighted by molar-refractivity contribution is 1.27. The molecule has 0 fully saturated rings. The smallest absolute Gasteiger partial charge is 0.0614 e. The average Bonchev–Trinajstić information content (AvgIpc) is 2.13. The van der Waals surface area contributed by atoms with Crippen LogP contribution in [0.5, 0.6) is 0 Å². The van der Waals surface area contributed by atoms with E-state index in [1.807, 2.05) is 19.1 Å². The van der Waals surface area contributed by atoms with Crippen LogP contribution >= 0.6 is 0 Å². The molecule has 0 spiro atoms. The third kappa shape index (κ3) is 1.92. The largest absolute Gasteiger partial charge is 0.300 e. The van der Waals surface area contributed by atoms with E-state index in [4.69, 9.17) is 5.41 Å². The first-order chi connectivity index (χ1) is 6.57. The Kier molecular flexibility index (Phi) is 3.23. The molecule has 1 N–H and O–H groups in total. The number of allylic oxidation sites excluding steroid dienone is 2. The molecule has 0 atom stereocenters. The molecular weight excluding hydrogens is 170 g/mol. The van der Waals surface area contributed by atoms with Gasteiger partial charge in [-0.3, -0.25) is 0 Å². The minimum absolute atomic E-state index is 0.603. The third-order valence-corrected chi connectivity index (χ3v) is 2.55. The molecule has 0 heterocycles. The first-order valence-electron chi connectivity index (χ1n) is 4.86. The fourth-order valence-electron chi connectivity index (χ4n) is 1.62. The van der Waals surface area contributed by atoms with Crippen molar-refractivity contribution in [3.05, 3.63) is 46.5 Å². The van der Waals surface area contributed by atoms with Gasteiger partial charge in [0.1, 0.15) is 0 Å². The van der Waals surface area contributed by atoms with E-state index in [1.54, 1.807) is 0 Å². The summed E-state index contributed by atoms with van der Waals surface area (Å²) in [5.74, 6) is 0. The van der Waals surface area contributed by atoms with Gasteiger partial charge in [-0.25, -0.2) is 0 Å². The molecule has 0 saturated heterocycles. The highest BCUT2D eigenvalue weighted by atomic mass is 14.4. The molecule has 0 unspecified atom stereocenters.